The van der Waals surface area contributed by atoms with E-state index in [1.807, 2.05) is 6.92 Å². The van der Waals surface area contributed by atoms with Crippen LogP contribution in [0.25, 0.3) is 0 Å². The Labute approximate surface area is 178 Å². The molecule has 2 bridgehead atoms. The number of aryl methyl sites for hydroxylation is 1. The van der Waals surface area contributed by atoms with Gasteiger partial charge in [-0.3, -0.25) is 4.79 Å². The van der Waals surface area contributed by atoms with Gasteiger partial charge in [0.25, 0.3) is 5.91 Å². The van der Waals surface area contributed by atoms with E-state index in [1.54, 1.807) is 11.3 Å². The molecule has 3 aliphatic rings. The maximum Gasteiger partial charge on any atom is 0.341 e. The van der Waals surface area contributed by atoms with Crippen molar-refractivity contribution in [2.24, 2.45) is 10.8 Å². The lowest BCUT2D eigenvalue weighted by atomic mass is 9.65. The minimum absolute atomic E-state index is 0.0260. The van der Waals surface area contributed by atoms with Gasteiger partial charge in [-0.1, -0.05) is 20.8 Å². The number of hydrogen-bond donors (Lipinski definition) is 2. The zero-order valence-electron chi connectivity index (χ0n) is 18.3. The molecular weight excluding hydrogens is 384 g/mol. The lowest BCUT2D eigenvalue weighted by Gasteiger charge is -2.37. The predicted octanol–water partition coefficient (Wildman–Crippen LogP) is 3.23. The van der Waals surface area contributed by atoms with Crippen molar-refractivity contribution in [1.82, 2.24) is 0 Å². The first-order valence-corrected chi connectivity index (χ1v) is 12.0. The van der Waals surface area contributed by atoms with Crippen LogP contribution in [0.5, 0.6) is 0 Å². The highest BCUT2D eigenvalue weighted by Crippen LogP contribution is 2.47. The molecule has 6 heteroatoms. The van der Waals surface area contributed by atoms with Gasteiger partial charge in [0.2, 0.25) is 0 Å². The van der Waals surface area contributed by atoms with E-state index in [0.717, 1.165) is 37.8 Å². The van der Waals surface area contributed by atoms with Gasteiger partial charge in [-0.15, -0.1) is 11.3 Å². The van der Waals surface area contributed by atoms with Crippen molar-refractivity contribution < 1.29 is 19.2 Å². The number of amides is 1. The molecule has 5 nitrogen and oxygen atoms in total. The highest BCUT2D eigenvalue weighted by atomic mass is 32.1. The number of carbonyl (C=O) groups excluding carboxylic acids is 2. The van der Waals surface area contributed by atoms with Crippen molar-refractivity contribution in [3.8, 4) is 0 Å². The molecule has 2 aliphatic carbocycles. The van der Waals surface area contributed by atoms with Crippen molar-refractivity contribution in [2.75, 3.05) is 25.0 Å². The lowest BCUT2D eigenvalue weighted by Crippen LogP contribution is -3.15. The van der Waals surface area contributed by atoms with Crippen molar-refractivity contribution in [1.29, 1.82) is 0 Å². The molecule has 3 atom stereocenters. The number of quaternary nitrogens is 1. The van der Waals surface area contributed by atoms with E-state index in [0.29, 0.717) is 40.6 Å². The van der Waals surface area contributed by atoms with Gasteiger partial charge in [-0.05, 0) is 50.0 Å². The minimum atomic E-state index is -0.291. The van der Waals surface area contributed by atoms with Gasteiger partial charge in [0.1, 0.15) is 5.00 Å². The van der Waals surface area contributed by atoms with Crippen molar-refractivity contribution >= 4 is 28.2 Å². The van der Waals surface area contributed by atoms with Crippen LogP contribution in [0, 0.1) is 10.8 Å². The fourth-order valence-electron chi connectivity index (χ4n) is 6.41. The van der Waals surface area contributed by atoms with Crippen LogP contribution in [0.15, 0.2) is 0 Å². The summed E-state index contributed by atoms with van der Waals surface area (Å²) in [6, 6.07) is 0.565. The Hall–Kier alpha value is -1.40. The van der Waals surface area contributed by atoms with Crippen molar-refractivity contribution in [3.63, 3.8) is 0 Å². The summed E-state index contributed by atoms with van der Waals surface area (Å²) in [6.07, 6.45) is 7.80. The van der Waals surface area contributed by atoms with Crippen molar-refractivity contribution in [2.45, 2.75) is 78.7 Å². The Bertz CT molecular complexity index is 815. The van der Waals surface area contributed by atoms with Gasteiger partial charge >= 0.3 is 5.97 Å². The molecule has 0 aromatic carbocycles. The summed E-state index contributed by atoms with van der Waals surface area (Å²) < 4.78 is 5.31. The van der Waals surface area contributed by atoms with Crippen LogP contribution in [-0.4, -0.2) is 37.6 Å². The average molecular weight is 420 g/mol. The number of hydrogen-bond acceptors (Lipinski definition) is 4. The van der Waals surface area contributed by atoms with Crippen LogP contribution < -0.4 is 10.2 Å². The van der Waals surface area contributed by atoms with E-state index in [2.05, 4.69) is 26.1 Å². The summed E-state index contributed by atoms with van der Waals surface area (Å²) in [5.74, 6) is -0.265. The van der Waals surface area contributed by atoms with Gasteiger partial charge in [-0.2, -0.15) is 0 Å². The molecule has 160 valence electrons. The molecule has 1 aromatic heterocycles. The molecule has 0 radical (unpaired) electrons. The summed E-state index contributed by atoms with van der Waals surface area (Å²) in [4.78, 5) is 28.3. The number of carbonyl (C=O) groups is 2. The Morgan fingerprint density at radius 3 is 2.72 bits per heavy atom. The summed E-state index contributed by atoms with van der Waals surface area (Å²) in [7, 11) is 0. The molecule has 29 heavy (non-hydrogen) atoms. The van der Waals surface area contributed by atoms with Gasteiger partial charge < -0.3 is 15.0 Å². The third-order valence-electron chi connectivity index (χ3n) is 6.97. The molecule has 1 amide bonds. The number of fused-ring (bicyclic) bond motifs is 3. The fraction of sp³-hybridized carbons (Fsp3) is 0.739. The maximum atomic E-state index is 13.0. The number of likely N-dealkylation sites (tertiary alicyclic amines) is 1. The van der Waals surface area contributed by atoms with Gasteiger partial charge in [0.05, 0.1) is 24.8 Å². The molecular formula is C23H35N2O3S+. The van der Waals surface area contributed by atoms with Crippen LogP contribution in [0.1, 0.15) is 80.6 Å². The van der Waals surface area contributed by atoms with Gasteiger partial charge in [0.15, 0.2) is 6.54 Å². The Morgan fingerprint density at radius 1 is 1.21 bits per heavy atom. The van der Waals surface area contributed by atoms with Gasteiger partial charge in [-0.25, -0.2) is 4.79 Å². The molecule has 0 spiro atoms. The zero-order chi connectivity index (χ0) is 20.8. The fourth-order valence-corrected chi connectivity index (χ4v) is 7.70. The second-order valence-corrected chi connectivity index (χ2v) is 11.6. The summed E-state index contributed by atoms with van der Waals surface area (Å²) in [5.41, 5.74) is 2.43. The molecule has 1 aromatic rings. The first kappa shape index (κ1) is 20.9. The number of thiophene rings is 1. The van der Waals surface area contributed by atoms with E-state index in [1.165, 1.54) is 29.0 Å². The lowest BCUT2D eigenvalue weighted by molar-refractivity contribution is -0.906. The first-order chi connectivity index (χ1) is 13.7. The number of anilines is 1. The maximum absolute atomic E-state index is 13.0. The summed E-state index contributed by atoms with van der Waals surface area (Å²) >= 11 is 1.58. The normalized spacial score (nSPS) is 29.9. The average Bonchev–Trinajstić information content (AvgIpc) is 3.07. The van der Waals surface area contributed by atoms with E-state index in [4.69, 9.17) is 4.74 Å². The Balaban J connectivity index is 1.49. The largest absolute Gasteiger partial charge is 0.462 e. The topological polar surface area (TPSA) is 59.8 Å². The molecule has 2 heterocycles. The predicted molar refractivity (Wildman–Crippen MR) is 116 cm³/mol. The highest BCUT2D eigenvalue weighted by molar-refractivity contribution is 7.17. The van der Waals surface area contributed by atoms with Crippen LogP contribution in [0.2, 0.25) is 0 Å². The summed E-state index contributed by atoms with van der Waals surface area (Å²) in [6.45, 7) is 10.8. The Morgan fingerprint density at radius 2 is 1.97 bits per heavy atom. The monoisotopic (exact) mass is 419 g/mol. The molecule has 1 saturated heterocycles. The zero-order valence-corrected chi connectivity index (χ0v) is 19.1. The number of nitrogens with one attached hydrogen (secondary N) is 2. The molecule has 4 rings (SSSR count). The van der Waals surface area contributed by atoms with E-state index >= 15 is 0 Å². The highest BCUT2D eigenvalue weighted by Gasteiger charge is 2.53. The third kappa shape index (κ3) is 4.24. The molecule has 1 aliphatic heterocycles. The standard InChI is InChI=1S/C23H34N2O3S/c1-5-28-21(27)19-16-8-6-7-9-17(16)29-20(19)24-18(26)12-25-14-23(4)11-15(25)10-22(2,3)13-23/h15H,5-14H2,1-4H3,(H,24,26)/p+1. The minimum Gasteiger partial charge on any atom is -0.462 e. The molecule has 2 fully saturated rings. The van der Waals surface area contributed by atoms with E-state index in [9.17, 15) is 9.59 Å². The second-order valence-electron chi connectivity index (χ2n) is 10.5. The van der Waals surface area contributed by atoms with Crippen LogP contribution in [-0.2, 0) is 22.4 Å². The van der Waals surface area contributed by atoms with Gasteiger partial charge in [0, 0.05) is 23.1 Å². The van der Waals surface area contributed by atoms with Crippen LogP contribution in [0.4, 0.5) is 5.00 Å². The Kier molecular flexibility index (Phi) is 5.53. The van der Waals surface area contributed by atoms with Crippen molar-refractivity contribution in [3.05, 3.63) is 16.0 Å². The van der Waals surface area contributed by atoms with E-state index < -0.39 is 0 Å². The second kappa shape index (κ2) is 7.69. The number of rotatable bonds is 5. The number of esters is 1. The summed E-state index contributed by atoms with van der Waals surface area (Å²) in [5, 5.41) is 3.81. The number of ether oxygens (including phenoxy) is 1. The first-order valence-electron chi connectivity index (χ1n) is 11.2. The smallest absolute Gasteiger partial charge is 0.341 e. The van der Waals surface area contributed by atoms with E-state index in [-0.39, 0.29) is 11.9 Å². The molecule has 2 N–H and O–H groups in total. The quantitative estimate of drug-likeness (QED) is 0.721. The molecule has 3 unspecified atom stereocenters. The molecule has 1 saturated carbocycles. The van der Waals surface area contributed by atoms with Crippen LogP contribution in [0.3, 0.4) is 0 Å². The third-order valence-corrected chi connectivity index (χ3v) is 8.17. The van der Waals surface area contributed by atoms with Crippen LogP contribution >= 0.6 is 11.3 Å². The SMILES string of the molecule is CCOC(=O)c1c(NC(=O)C[NH+]2CC3(C)CC2CC(C)(C)C3)sc2c1CCCC2.